The number of carbonyl (C=O) groups excluding carboxylic acids is 1. The molecule has 2 aromatic carbocycles. The van der Waals surface area contributed by atoms with E-state index in [2.05, 4.69) is 4.98 Å². The number of nitrogens with one attached hydrogen (secondary N) is 1. The quantitative estimate of drug-likeness (QED) is 0.176. The van der Waals surface area contributed by atoms with Gasteiger partial charge in [0, 0.05) is 37.3 Å². The summed E-state index contributed by atoms with van der Waals surface area (Å²) in [5.74, 6) is -0.582. The van der Waals surface area contributed by atoms with Crippen molar-refractivity contribution in [2.45, 2.75) is 17.9 Å². The Hall–Kier alpha value is -3.90. The molecule has 0 bridgehead atoms. The zero-order valence-corrected chi connectivity index (χ0v) is 19.8. The van der Waals surface area contributed by atoms with Crippen LogP contribution < -0.4 is 21.9 Å². The number of non-ortho nitro benzene ring substituents is 1. The molecule has 1 amide bonds. The molecule has 3 N–H and O–H groups in total. The number of aromatic nitrogens is 2. The molecule has 12 heteroatoms. The summed E-state index contributed by atoms with van der Waals surface area (Å²) < 4.78 is 6.29. The van der Waals surface area contributed by atoms with Gasteiger partial charge in [0.2, 0.25) is 5.91 Å². The van der Waals surface area contributed by atoms with Crippen LogP contribution in [0.15, 0.2) is 69.1 Å². The van der Waals surface area contributed by atoms with Gasteiger partial charge in [0.05, 0.1) is 17.2 Å². The molecule has 1 aromatic heterocycles. The number of hydrogen-bond donors (Lipinski definition) is 2. The molecule has 1 heterocycles. The highest BCUT2D eigenvalue weighted by Gasteiger charge is 2.24. The Balaban J connectivity index is 1.89. The standard InChI is InChI=1S/C23H25N5O6S/c1-34-13-5-12-26(19(29)15-35-18-10-8-17(9-11-18)28(32)33)20-21(24)27(23(31)25-22(20)30)14-16-6-3-2-4-7-16/h2-4,6-11H,5,12-15,24H2,1H3,(H,25,30,31). The molecule has 0 aliphatic heterocycles. The number of methoxy groups -OCH3 is 1. The van der Waals surface area contributed by atoms with E-state index in [-0.39, 0.29) is 36.0 Å². The summed E-state index contributed by atoms with van der Waals surface area (Å²) in [6.45, 7) is 0.609. The lowest BCUT2D eigenvalue weighted by atomic mass is 10.2. The SMILES string of the molecule is COCCCN(C(=O)CSc1ccc([N+](=O)[O-])cc1)c1c(N)n(Cc2ccccc2)c(=O)[nH]c1=O. The highest BCUT2D eigenvalue weighted by atomic mass is 32.2. The lowest BCUT2D eigenvalue weighted by Gasteiger charge is -2.24. The molecule has 0 aliphatic rings. The topological polar surface area (TPSA) is 154 Å². The number of H-pyrrole nitrogens is 1. The number of thioether (sulfide) groups is 1. The Morgan fingerprint density at radius 2 is 1.86 bits per heavy atom. The number of carbonyl (C=O) groups is 1. The molecule has 0 saturated carbocycles. The van der Waals surface area contributed by atoms with Crippen LogP contribution in [0.1, 0.15) is 12.0 Å². The van der Waals surface area contributed by atoms with Crippen LogP contribution in [0.3, 0.4) is 0 Å². The van der Waals surface area contributed by atoms with E-state index in [0.717, 1.165) is 5.56 Å². The van der Waals surface area contributed by atoms with E-state index in [0.29, 0.717) is 17.9 Å². The van der Waals surface area contributed by atoms with E-state index in [4.69, 9.17) is 10.5 Å². The molecule has 35 heavy (non-hydrogen) atoms. The monoisotopic (exact) mass is 499 g/mol. The molecule has 3 aromatic rings. The molecular weight excluding hydrogens is 474 g/mol. The van der Waals surface area contributed by atoms with E-state index in [1.165, 1.54) is 40.5 Å². The molecule has 0 unspecified atom stereocenters. The highest BCUT2D eigenvalue weighted by Crippen LogP contribution is 2.24. The maximum atomic E-state index is 13.2. The maximum Gasteiger partial charge on any atom is 0.330 e. The summed E-state index contributed by atoms with van der Waals surface area (Å²) in [6.07, 6.45) is 0.432. The number of ether oxygens (including phenoxy) is 1. The van der Waals surface area contributed by atoms with Crippen molar-refractivity contribution >= 4 is 34.9 Å². The van der Waals surface area contributed by atoms with Crippen molar-refractivity contribution in [1.29, 1.82) is 0 Å². The molecule has 0 aliphatic carbocycles. The minimum Gasteiger partial charge on any atom is -0.385 e. The number of benzene rings is 2. The van der Waals surface area contributed by atoms with Crippen LogP contribution in [0.5, 0.6) is 0 Å². The number of nitrogen functional groups attached to an aromatic ring is 1. The van der Waals surface area contributed by atoms with Gasteiger partial charge in [-0.3, -0.25) is 29.3 Å². The van der Waals surface area contributed by atoms with E-state index in [1.54, 1.807) is 12.1 Å². The summed E-state index contributed by atoms with van der Waals surface area (Å²) in [5, 5.41) is 10.8. The van der Waals surface area contributed by atoms with Crippen molar-refractivity contribution < 1.29 is 14.5 Å². The number of aromatic amines is 1. The number of nitrogens with zero attached hydrogens (tertiary/aromatic N) is 3. The van der Waals surface area contributed by atoms with Crippen molar-refractivity contribution in [2.75, 3.05) is 36.6 Å². The van der Waals surface area contributed by atoms with Crippen molar-refractivity contribution in [2.24, 2.45) is 0 Å². The summed E-state index contributed by atoms with van der Waals surface area (Å²) in [4.78, 5) is 53.0. The van der Waals surface area contributed by atoms with Gasteiger partial charge in [-0.2, -0.15) is 0 Å². The van der Waals surface area contributed by atoms with Crippen molar-refractivity contribution in [3.8, 4) is 0 Å². The second kappa shape index (κ2) is 12.0. The van der Waals surface area contributed by atoms with E-state index < -0.39 is 22.1 Å². The van der Waals surface area contributed by atoms with Gasteiger partial charge in [-0.1, -0.05) is 30.3 Å². The minimum absolute atomic E-state index is 0.0538. The van der Waals surface area contributed by atoms with Gasteiger partial charge in [0.25, 0.3) is 11.2 Å². The zero-order valence-electron chi connectivity index (χ0n) is 19.0. The predicted octanol–water partition coefficient (Wildman–Crippen LogP) is 2.24. The number of nitrogens with two attached hydrogens (primary N) is 1. The molecule has 0 atom stereocenters. The first-order valence-electron chi connectivity index (χ1n) is 10.6. The number of nitro benzene ring substituents is 1. The number of amides is 1. The van der Waals surface area contributed by atoms with Crippen LogP contribution in [-0.4, -0.2) is 46.4 Å². The molecule has 0 radical (unpaired) electrons. The van der Waals surface area contributed by atoms with Crippen LogP contribution in [0.4, 0.5) is 17.2 Å². The summed E-state index contributed by atoms with van der Waals surface area (Å²) >= 11 is 1.17. The van der Waals surface area contributed by atoms with Crippen molar-refractivity contribution in [1.82, 2.24) is 9.55 Å². The molecule has 0 saturated heterocycles. The maximum absolute atomic E-state index is 13.2. The predicted molar refractivity (Wildman–Crippen MR) is 134 cm³/mol. The third kappa shape index (κ3) is 6.58. The molecular formula is C23H25N5O6S. The first-order valence-corrected chi connectivity index (χ1v) is 11.6. The van der Waals surface area contributed by atoms with E-state index >= 15 is 0 Å². The lowest BCUT2D eigenvalue weighted by molar-refractivity contribution is -0.384. The second-order valence-electron chi connectivity index (χ2n) is 7.50. The molecule has 11 nitrogen and oxygen atoms in total. The van der Waals surface area contributed by atoms with Gasteiger partial charge in [0.1, 0.15) is 5.82 Å². The Kier molecular flexibility index (Phi) is 8.81. The summed E-state index contributed by atoms with van der Waals surface area (Å²) in [7, 11) is 1.53. The Morgan fingerprint density at radius 1 is 1.17 bits per heavy atom. The zero-order chi connectivity index (χ0) is 25.4. The van der Waals surface area contributed by atoms with Gasteiger partial charge in [0.15, 0.2) is 5.69 Å². The fourth-order valence-electron chi connectivity index (χ4n) is 3.38. The Morgan fingerprint density at radius 3 is 2.49 bits per heavy atom. The first-order chi connectivity index (χ1) is 16.8. The highest BCUT2D eigenvalue weighted by molar-refractivity contribution is 8.00. The minimum atomic E-state index is -0.761. The summed E-state index contributed by atoms with van der Waals surface area (Å²) in [6, 6.07) is 14.9. The molecule has 0 spiro atoms. The van der Waals surface area contributed by atoms with E-state index in [1.807, 2.05) is 30.3 Å². The van der Waals surface area contributed by atoms with Crippen molar-refractivity contribution in [3.63, 3.8) is 0 Å². The smallest absolute Gasteiger partial charge is 0.330 e. The number of nitro groups is 1. The Bertz CT molecular complexity index is 1290. The third-order valence-corrected chi connectivity index (χ3v) is 6.11. The van der Waals surface area contributed by atoms with Crippen LogP contribution in [0, 0.1) is 10.1 Å². The lowest BCUT2D eigenvalue weighted by Crippen LogP contribution is -2.42. The first kappa shape index (κ1) is 25.7. The average molecular weight is 500 g/mol. The average Bonchev–Trinajstić information content (AvgIpc) is 2.85. The fourth-order valence-corrected chi connectivity index (χ4v) is 4.15. The number of rotatable bonds is 11. The molecule has 0 fully saturated rings. The second-order valence-corrected chi connectivity index (χ2v) is 8.55. The van der Waals surface area contributed by atoms with Gasteiger partial charge >= 0.3 is 5.69 Å². The number of anilines is 2. The van der Waals surface area contributed by atoms with Crippen LogP contribution in [-0.2, 0) is 16.1 Å². The van der Waals surface area contributed by atoms with Crippen LogP contribution in [0.25, 0.3) is 0 Å². The van der Waals surface area contributed by atoms with Gasteiger partial charge in [-0.15, -0.1) is 11.8 Å². The summed E-state index contributed by atoms with van der Waals surface area (Å²) in [5.41, 5.74) is 5.47. The van der Waals surface area contributed by atoms with Gasteiger partial charge in [-0.25, -0.2) is 4.79 Å². The molecule has 3 rings (SSSR count). The largest absolute Gasteiger partial charge is 0.385 e. The Labute approximate surface area is 204 Å². The number of hydrogen-bond acceptors (Lipinski definition) is 8. The molecule has 184 valence electrons. The van der Waals surface area contributed by atoms with Gasteiger partial charge < -0.3 is 15.4 Å². The van der Waals surface area contributed by atoms with Crippen LogP contribution in [0.2, 0.25) is 0 Å². The van der Waals surface area contributed by atoms with E-state index in [9.17, 15) is 24.5 Å². The van der Waals surface area contributed by atoms with Crippen molar-refractivity contribution in [3.05, 3.63) is 91.1 Å². The fraction of sp³-hybridized carbons (Fsp3) is 0.261. The van der Waals surface area contributed by atoms with Crippen LogP contribution >= 0.6 is 11.8 Å². The third-order valence-electron chi connectivity index (χ3n) is 5.11. The normalized spacial score (nSPS) is 10.8. The van der Waals surface area contributed by atoms with Gasteiger partial charge in [-0.05, 0) is 24.1 Å².